The molecule has 0 aromatic carbocycles. The fourth-order valence-corrected chi connectivity index (χ4v) is 1.39. The van der Waals surface area contributed by atoms with Gasteiger partial charge in [0.1, 0.15) is 0 Å². The summed E-state index contributed by atoms with van der Waals surface area (Å²) >= 11 is 0. The molecule has 11 heavy (non-hydrogen) atoms. The van der Waals surface area contributed by atoms with Gasteiger partial charge in [0.15, 0.2) is 0 Å². The van der Waals surface area contributed by atoms with Crippen LogP contribution in [0.2, 0.25) is 0 Å². The fraction of sp³-hybridized carbons (Fsp3) is 1.00. The second kappa shape index (κ2) is 3.55. The van der Waals surface area contributed by atoms with Gasteiger partial charge < -0.3 is 10.6 Å². The lowest BCUT2D eigenvalue weighted by Gasteiger charge is -2.40. The van der Waals surface area contributed by atoms with Gasteiger partial charge in [-0.05, 0) is 40.2 Å². The Morgan fingerprint density at radius 3 is 2.45 bits per heavy atom. The minimum atomic E-state index is 0.463. The molecular formula is C9H20N2. The van der Waals surface area contributed by atoms with Gasteiger partial charge in [-0.25, -0.2) is 0 Å². The van der Waals surface area contributed by atoms with Crippen LogP contribution >= 0.6 is 0 Å². The molecule has 66 valence electrons. The summed E-state index contributed by atoms with van der Waals surface area (Å²) in [6.45, 7) is 5.61. The van der Waals surface area contributed by atoms with Crippen LogP contribution in [-0.2, 0) is 0 Å². The van der Waals surface area contributed by atoms with Crippen molar-refractivity contribution in [1.29, 1.82) is 0 Å². The number of rotatable bonds is 4. The van der Waals surface area contributed by atoms with Gasteiger partial charge >= 0.3 is 0 Å². The summed E-state index contributed by atoms with van der Waals surface area (Å²) < 4.78 is 0. The molecule has 0 aromatic heterocycles. The lowest BCUT2D eigenvalue weighted by molar-refractivity contribution is 0.204. The zero-order valence-corrected chi connectivity index (χ0v) is 7.91. The van der Waals surface area contributed by atoms with E-state index in [-0.39, 0.29) is 0 Å². The largest absolute Gasteiger partial charge is 0.316 e. The normalized spacial score (nSPS) is 24.3. The van der Waals surface area contributed by atoms with E-state index in [9.17, 15) is 0 Å². The van der Waals surface area contributed by atoms with Crippen molar-refractivity contribution in [2.75, 3.05) is 13.6 Å². The summed E-state index contributed by atoms with van der Waals surface area (Å²) in [5.74, 6) is 0. The summed E-state index contributed by atoms with van der Waals surface area (Å²) in [6, 6.07) is 0.590. The van der Waals surface area contributed by atoms with E-state index in [0.717, 1.165) is 6.54 Å². The summed E-state index contributed by atoms with van der Waals surface area (Å²) in [6.07, 6.45) is 4.10. The van der Waals surface area contributed by atoms with Crippen molar-refractivity contribution in [3.05, 3.63) is 0 Å². The van der Waals surface area contributed by atoms with E-state index < -0.39 is 0 Å². The molecule has 0 aliphatic heterocycles. The maximum absolute atomic E-state index is 3.58. The van der Waals surface area contributed by atoms with Crippen LogP contribution < -0.4 is 10.6 Å². The number of likely N-dealkylation sites (N-methyl/N-ethyl adjacent to an activating group) is 1. The van der Waals surface area contributed by atoms with Gasteiger partial charge in [0.25, 0.3) is 0 Å². The molecule has 2 nitrogen and oxygen atoms in total. The smallest absolute Gasteiger partial charge is 0.0161 e. The molecule has 1 aliphatic rings. The van der Waals surface area contributed by atoms with Crippen LogP contribution in [-0.4, -0.2) is 25.2 Å². The second-order valence-electron chi connectivity index (χ2n) is 3.98. The molecule has 0 saturated heterocycles. The Morgan fingerprint density at radius 1 is 1.45 bits per heavy atom. The van der Waals surface area contributed by atoms with Crippen molar-refractivity contribution in [2.45, 2.75) is 44.7 Å². The third-order valence-corrected chi connectivity index (χ3v) is 2.78. The molecule has 0 spiro atoms. The highest BCUT2D eigenvalue weighted by Gasteiger charge is 2.30. The van der Waals surface area contributed by atoms with Crippen molar-refractivity contribution >= 4 is 0 Å². The standard InChI is InChI=1S/C9H20N2/c1-8(10-3)7-11-9(2)5-4-6-9/h8,10-11H,4-7H2,1-3H3/t8-/m0/s1. The first-order valence-corrected chi connectivity index (χ1v) is 4.58. The summed E-state index contributed by atoms with van der Waals surface area (Å²) in [7, 11) is 2.01. The van der Waals surface area contributed by atoms with Crippen molar-refractivity contribution in [2.24, 2.45) is 0 Å². The van der Waals surface area contributed by atoms with Gasteiger partial charge in [0.2, 0.25) is 0 Å². The Bertz CT molecular complexity index is 119. The Kier molecular flexibility index (Phi) is 2.90. The third kappa shape index (κ3) is 2.46. The molecule has 1 aliphatic carbocycles. The average molecular weight is 156 g/mol. The third-order valence-electron chi connectivity index (χ3n) is 2.78. The zero-order valence-electron chi connectivity index (χ0n) is 7.91. The van der Waals surface area contributed by atoms with Gasteiger partial charge in [-0.2, -0.15) is 0 Å². The molecule has 0 amide bonds. The highest BCUT2D eigenvalue weighted by Crippen LogP contribution is 2.30. The van der Waals surface area contributed by atoms with E-state index >= 15 is 0 Å². The van der Waals surface area contributed by atoms with Gasteiger partial charge in [0.05, 0.1) is 0 Å². The maximum Gasteiger partial charge on any atom is 0.0161 e. The predicted molar refractivity (Wildman–Crippen MR) is 48.8 cm³/mol. The van der Waals surface area contributed by atoms with Gasteiger partial charge in [-0.1, -0.05) is 0 Å². The molecule has 0 unspecified atom stereocenters. The van der Waals surface area contributed by atoms with Crippen LogP contribution in [0.4, 0.5) is 0 Å². The van der Waals surface area contributed by atoms with E-state index in [1.54, 1.807) is 0 Å². The van der Waals surface area contributed by atoms with Crippen molar-refractivity contribution in [3.8, 4) is 0 Å². The average Bonchev–Trinajstić information content (AvgIpc) is 1.96. The van der Waals surface area contributed by atoms with Crippen LogP contribution in [0.1, 0.15) is 33.1 Å². The van der Waals surface area contributed by atoms with Crippen LogP contribution in [0.5, 0.6) is 0 Å². The van der Waals surface area contributed by atoms with E-state index in [4.69, 9.17) is 0 Å². The molecule has 0 aromatic rings. The molecule has 0 radical (unpaired) electrons. The molecule has 1 rings (SSSR count). The van der Waals surface area contributed by atoms with E-state index in [1.165, 1.54) is 19.3 Å². The molecule has 1 saturated carbocycles. The van der Waals surface area contributed by atoms with Crippen LogP contribution in [0.3, 0.4) is 0 Å². The summed E-state index contributed by atoms with van der Waals surface area (Å²) in [5.41, 5.74) is 0.463. The Balaban J connectivity index is 2.11. The SMILES string of the molecule is CN[C@@H](C)CNC1(C)CCC1. The Morgan fingerprint density at radius 2 is 2.09 bits per heavy atom. The molecule has 0 bridgehead atoms. The predicted octanol–water partition coefficient (Wildman–Crippen LogP) is 1.13. The first kappa shape index (κ1) is 9.01. The Hall–Kier alpha value is -0.0800. The minimum absolute atomic E-state index is 0.463. The van der Waals surface area contributed by atoms with Crippen molar-refractivity contribution < 1.29 is 0 Å². The first-order valence-electron chi connectivity index (χ1n) is 4.58. The topological polar surface area (TPSA) is 24.1 Å². The molecule has 2 heteroatoms. The van der Waals surface area contributed by atoms with Gasteiger partial charge in [-0.3, -0.25) is 0 Å². The van der Waals surface area contributed by atoms with Crippen molar-refractivity contribution in [3.63, 3.8) is 0 Å². The van der Waals surface area contributed by atoms with E-state index in [2.05, 4.69) is 24.5 Å². The monoisotopic (exact) mass is 156 g/mol. The van der Waals surface area contributed by atoms with E-state index in [0.29, 0.717) is 11.6 Å². The summed E-state index contributed by atoms with van der Waals surface area (Å²) in [5, 5.41) is 6.81. The first-order chi connectivity index (χ1) is 5.16. The highest BCUT2D eigenvalue weighted by atomic mass is 15.0. The number of nitrogens with one attached hydrogen (secondary N) is 2. The van der Waals surface area contributed by atoms with Crippen molar-refractivity contribution in [1.82, 2.24) is 10.6 Å². The quantitative estimate of drug-likeness (QED) is 0.637. The number of hydrogen-bond acceptors (Lipinski definition) is 2. The molecule has 0 heterocycles. The zero-order chi connectivity index (χ0) is 8.32. The lowest BCUT2D eigenvalue weighted by Crippen LogP contribution is -2.51. The van der Waals surface area contributed by atoms with Crippen LogP contribution in [0, 0.1) is 0 Å². The second-order valence-corrected chi connectivity index (χ2v) is 3.98. The minimum Gasteiger partial charge on any atom is -0.316 e. The fourth-order valence-electron chi connectivity index (χ4n) is 1.39. The number of hydrogen-bond donors (Lipinski definition) is 2. The molecular weight excluding hydrogens is 136 g/mol. The van der Waals surface area contributed by atoms with Crippen LogP contribution in [0.25, 0.3) is 0 Å². The maximum atomic E-state index is 3.58. The lowest BCUT2D eigenvalue weighted by atomic mass is 9.78. The van der Waals surface area contributed by atoms with Crippen LogP contribution in [0.15, 0.2) is 0 Å². The van der Waals surface area contributed by atoms with E-state index in [1.807, 2.05) is 7.05 Å². The molecule has 1 atom stereocenters. The van der Waals surface area contributed by atoms with Gasteiger partial charge in [0, 0.05) is 18.1 Å². The molecule has 2 N–H and O–H groups in total. The highest BCUT2D eigenvalue weighted by molar-refractivity contribution is 4.91. The summed E-state index contributed by atoms with van der Waals surface area (Å²) in [4.78, 5) is 0. The van der Waals surface area contributed by atoms with Gasteiger partial charge in [-0.15, -0.1) is 0 Å². The molecule has 1 fully saturated rings. The Labute approximate surface area is 69.8 Å².